The Morgan fingerprint density at radius 3 is 2.21 bits per heavy atom. The van der Waals surface area contributed by atoms with Gasteiger partial charge in [-0.1, -0.05) is 81.7 Å². The minimum absolute atomic E-state index is 0.0105. The molecule has 1 aromatic rings. The number of aryl methyl sites for hydroxylation is 1. The normalized spacial score (nSPS) is 29.3. The lowest BCUT2D eigenvalue weighted by molar-refractivity contribution is -0.155. The van der Waals surface area contributed by atoms with Crippen molar-refractivity contribution in [1.29, 1.82) is 5.26 Å². The van der Waals surface area contributed by atoms with Gasteiger partial charge in [0.2, 0.25) is 0 Å². The van der Waals surface area contributed by atoms with Crippen molar-refractivity contribution in [3.8, 4) is 6.07 Å². The van der Waals surface area contributed by atoms with Crippen LogP contribution in [0.3, 0.4) is 0 Å². The molecular weight excluding hydrogens is 522 g/mol. The van der Waals surface area contributed by atoms with Gasteiger partial charge in [-0.3, -0.25) is 4.79 Å². The summed E-state index contributed by atoms with van der Waals surface area (Å²) in [5, 5.41) is 23.4. The SMILES string of the molecule is CCCC(C)(C)CC[C@@](C)(CCC(C)(C)[C@]1(C)CC[C@H]2C(C)(C)C(=O)C(C#N)=C[C@]2(C)[C@H]1CC(C)=O)c1nnn(C)n1. The highest BCUT2D eigenvalue weighted by Crippen LogP contribution is 2.68. The molecule has 1 heterocycles. The van der Waals surface area contributed by atoms with Gasteiger partial charge in [-0.05, 0) is 90.6 Å². The molecule has 0 saturated heterocycles. The van der Waals surface area contributed by atoms with E-state index in [4.69, 9.17) is 5.10 Å². The third kappa shape index (κ3) is 6.15. The summed E-state index contributed by atoms with van der Waals surface area (Å²) in [6.45, 7) is 24.3. The summed E-state index contributed by atoms with van der Waals surface area (Å²) in [4.78, 5) is 27.7. The van der Waals surface area contributed by atoms with Crippen LogP contribution in [0.4, 0.5) is 0 Å². The van der Waals surface area contributed by atoms with Gasteiger partial charge in [-0.15, -0.1) is 10.2 Å². The third-order valence-corrected chi connectivity index (χ3v) is 12.2. The van der Waals surface area contributed by atoms with E-state index in [1.165, 1.54) is 12.8 Å². The Labute approximate surface area is 255 Å². The number of aromatic nitrogens is 4. The van der Waals surface area contributed by atoms with Crippen molar-refractivity contribution in [3.05, 3.63) is 17.5 Å². The number of hydrogen-bond acceptors (Lipinski definition) is 6. The molecule has 1 fully saturated rings. The standard InChI is InChI=1S/C35H57N5O2/c1-13-15-30(3,4)17-19-33(9,29-37-39-40(12)38-29)20-18-31(5,6)35(11)16-14-26-32(7,8)28(42)25(23-36)22-34(26,10)27(35)21-24(2)41/h22,26-27H,13-21H2,1-12H3/t26-,27+,33-,34-,35+/m0/s1. The molecule has 0 amide bonds. The molecule has 0 aliphatic heterocycles. The van der Waals surface area contributed by atoms with Crippen LogP contribution in [0.1, 0.15) is 140 Å². The molecule has 234 valence electrons. The molecule has 0 radical (unpaired) electrons. The number of Topliss-reactive ketones (excluding diaryl/α,β-unsaturated/α-hetero) is 2. The summed E-state index contributed by atoms with van der Waals surface area (Å²) in [6, 6.07) is 2.21. The number of nitriles is 1. The summed E-state index contributed by atoms with van der Waals surface area (Å²) < 4.78 is 0. The number of ketones is 2. The fourth-order valence-electron chi connectivity index (χ4n) is 8.87. The zero-order chi connectivity index (χ0) is 31.9. The molecule has 1 aromatic heterocycles. The van der Waals surface area contributed by atoms with Crippen LogP contribution in [0.15, 0.2) is 11.6 Å². The number of nitrogens with zero attached hydrogens (tertiary/aromatic N) is 5. The van der Waals surface area contributed by atoms with Crippen molar-refractivity contribution in [2.45, 2.75) is 139 Å². The largest absolute Gasteiger partial charge is 0.300 e. The van der Waals surface area contributed by atoms with Crippen LogP contribution >= 0.6 is 0 Å². The fraction of sp³-hybridized carbons (Fsp3) is 0.829. The molecule has 7 nitrogen and oxygen atoms in total. The Balaban J connectivity index is 2.02. The molecule has 0 bridgehead atoms. The summed E-state index contributed by atoms with van der Waals surface area (Å²) in [5.41, 5.74) is -1.11. The zero-order valence-corrected chi connectivity index (χ0v) is 28.6. The maximum absolute atomic E-state index is 13.3. The van der Waals surface area contributed by atoms with E-state index < -0.39 is 10.8 Å². The van der Waals surface area contributed by atoms with Crippen LogP contribution in [0, 0.1) is 50.2 Å². The van der Waals surface area contributed by atoms with E-state index in [1.54, 1.807) is 11.7 Å². The van der Waals surface area contributed by atoms with E-state index in [2.05, 4.69) is 71.8 Å². The van der Waals surface area contributed by atoms with Gasteiger partial charge in [0.15, 0.2) is 11.6 Å². The molecule has 42 heavy (non-hydrogen) atoms. The highest BCUT2D eigenvalue weighted by atomic mass is 16.1. The monoisotopic (exact) mass is 579 g/mol. The maximum Gasteiger partial charge on any atom is 0.180 e. The lowest BCUT2D eigenvalue weighted by atomic mass is 9.39. The lowest BCUT2D eigenvalue weighted by Gasteiger charge is -2.64. The number of allylic oxidation sites excluding steroid dienone is 2. The fourth-order valence-corrected chi connectivity index (χ4v) is 8.87. The maximum atomic E-state index is 13.3. The van der Waals surface area contributed by atoms with Crippen LogP contribution in [0.5, 0.6) is 0 Å². The first kappa shape index (κ1) is 34.1. The van der Waals surface area contributed by atoms with E-state index in [-0.39, 0.29) is 50.6 Å². The van der Waals surface area contributed by atoms with Gasteiger partial charge < -0.3 is 4.79 Å². The quantitative estimate of drug-likeness (QED) is 0.249. The number of fused-ring (bicyclic) bond motifs is 1. The number of tetrazole rings is 1. The second kappa shape index (κ2) is 11.6. The summed E-state index contributed by atoms with van der Waals surface area (Å²) >= 11 is 0. The number of carbonyl (C=O) groups is 2. The molecular formula is C35H57N5O2. The first-order valence-corrected chi connectivity index (χ1v) is 16.1. The van der Waals surface area contributed by atoms with Gasteiger partial charge in [0.25, 0.3) is 0 Å². The number of hydrogen-bond donors (Lipinski definition) is 0. The lowest BCUT2D eigenvalue weighted by Crippen LogP contribution is -2.60. The van der Waals surface area contributed by atoms with Crippen molar-refractivity contribution in [2.75, 3.05) is 0 Å². The van der Waals surface area contributed by atoms with E-state index in [1.807, 2.05) is 27.0 Å². The summed E-state index contributed by atoms with van der Waals surface area (Å²) in [5.74, 6) is 1.00. The molecule has 0 unspecified atom stereocenters. The smallest absolute Gasteiger partial charge is 0.180 e. The first-order chi connectivity index (χ1) is 19.2. The van der Waals surface area contributed by atoms with E-state index in [0.29, 0.717) is 6.42 Å². The Morgan fingerprint density at radius 1 is 1.07 bits per heavy atom. The van der Waals surface area contributed by atoms with Crippen molar-refractivity contribution < 1.29 is 9.59 Å². The summed E-state index contributed by atoms with van der Waals surface area (Å²) in [6.07, 6.45) is 10.5. The molecule has 7 heteroatoms. The predicted octanol–water partition coefficient (Wildman–Crippen LogP) is 7.96. The van der Waals surface area contributed by atoms with Gasteiger partial charge in [0.05, 0.1) is 12.6 Å². The molecule has 3 rings (SSSR count). The van der Waals surface area contributed by atoms with Crippen LogP contribution in [0.25, 0.3) is 0 Å². The predicted molar refractivity (Wildman–Crippen MR) is 167 cm³/mol. The van der Waals surface area contributed by atoms with E-state index >= 15 is 0 Å². The average Bonchev–Trinajstić information content (AvgIpc) is 3.33. The van der Waals surface area contributed by atoms with Crippen LogP contribution in [-0.4, -0.2) is 31.8 Å². The molecule has 0 N–H and O–H groups in total. The van der Waals surface area contributed by atoms with Crippen molar-refractivity contribution in [3.63, 3.8) is 0 Å². The van der Waals surface area contributed by atoms with Crippen molar-refractivity contribution >= 4 is 11.6 Å². The molecule has 0 aromatic carbocycles. The minimum atomic E-state index is -0.642. The molecule has 2 aliphatic rings. The van der Waals surface area contributed by atoms with Gasteiger partial charge in [0, 0.05) is 17.3 Å². The van der Waals surface area contributed by atoms with E-state index in [0.717, 1.165) is 44.3 Å². The van der Waals surface area contributed by atoms with Crippen LogP contribution < -0.4 is 0 Å². The Bertz CT molecular complexity index is 1250. The third-order valence-electron chi connectivity index (χ3n) is 12.2. The summed E-state index contributed by atoms with van der Waals surface area (Å²) in [7, 11) is 1.83. The Morgan fingerprint density at radius 2 is 1.69 bits per heavy atom. The Hall–Kier alpha value is -2.36. The van der Waals surface area contributed by atoms with Crippen molar-refractivity contribution in [2.24, 2.45) is 46.0 Å². The van der Waals surface area contributed by atoms with E-state index in [9.17, 15) is 14.9 Å². The topological polar surface area (TPSA) is 102 Å². The van der Waals surface area contributed by atoms with Crippen LogP contribution in [-0.2, 0) is 22.1 Å². The second-order valence-corrected chi connectivity index (χ2v) is 16.5. The van der Waals surface area contributed by atoms with Gasteiger partial charge in [-0.2, -0.15) is 10.1 Å². The molecule has 0 spiro atoms. The Kier molecular flexibility index (Phi) is 9.44. The first-order valence-electron chi connectivity index (χ1n) is 16.1. The van der Waals surface area contributed by atoms with Crippen LogP contribution in [0.2, 0.25) is 0 Å². The highest BCUT2D eigenvalue weighted by Gasteiger charge is 2.63. The average molecular weight is 580 g/mol. The minimum Gasteiger partial charge on any atom is -0.300 e. The molecule has 5 atom stereocenters. The van der Waals surface area contributed by atoms with Crippen molar-refractivity contribution in [1.82, 2.24) is 20.2 Å². The van der Waals surface area contributed by atoms with Gasteiger partial charge in [-0.25, -0.2) is 0 Å². The van der Waals surface area contributed by atoms with Gasteiger partial charge >= 0.3 is 0 Å². The van der Waals surface area contributed by atoms with Gasteiger partial charge in [0.1, 0.15) is 11.9 Å². The highest BCUT2D eigenvalue weighted by molar-refractivity contribution is 6.04. The molecule has 2 aliphatic carbocycles. The number of rotatable bonds is 12. The zero-order valence-electron chi connectivity index (χ0n) is 28.6. The second-order valence-electron chi connectivity index (χ2n) is 16.5. The molecule has 1 saturated carbocycles. The number of carbonyl (C=O) groups excluding carboxylic acids is 2.